The normalized spacial score (nSPS) is 19.3. The number of carbonyl (C=O) groups is 2. The first-order valence-corrected chi connectivity index (χ1v) is 14.2. The Labute approximate surface area is 249 Å². The van der Waals surface area contributed by atoms with Gasteiger partial charge in [-0.1, -0.05) is 6.08 Å². The Kier molecular flexibility index (Phi) is 15.3. The van der Waals surface area contributed by atoms with Crippen LogP contribution in [-0.4, -0.2) is 87.1 Å². The van der Waals surface area contributed by atoms with Crippen molar-refractivity contribution in [3.05, 3.63) is 78.2 Å². The summed E-state index contributed by atoms with van der Waals surface area (Å²) in [6.45, 7) is 12.9. The lowest BCUT2D eigenvalue weighted by Crippen LogP contribution is -2.41. The summed E-state index contributed by atoms with van der Waals surface area (Å²) in [5.74, 6) is 2.82. The highest BCUT2D eigenvalue weighted by atomic mass is 16.5. The first-order chi connectivity index (χ1) is 20.6. The maximum atomic E-state index is 10.7. The summed E-state index contributed by atoms with van der Waals surface area (Å²) < 4.78 is 16.2. The quantitative estimate of drug-likeness (QED) is 0.279. The zero-order valence-corrected chi connectivity index (χ0v) is 25.1. The van der Waals surface area contributed by atoms with E-state index in [0.29, 0.717) is 37.0 Å². The minimum Gasteiger partial charge on any atom is -0.497 e. The molecule has 2 aliphatic heterocycles. The molecule has 4 N–H and O–H groups in total. The fraction of sp³-hybridized carbons (Fsp3) is 0.452. The second-order valence-corrected chi connectivity index (χ2v) is 9.36. The number of allylic oxidation sites excluding steroid dienone is 4. The molecule has 1 aromatic heterocycles. The summed E-state index contributed by atoms with van der Waals surface area (Å²) in [5, 5.41) is 6.44. The van der Waals surface area contributed by atoms with Gasteiger partial charge in [0, 0.05) is 45.5 Å². The maximum absolute atomic E-state index is 10.7. The van der Waals surface area contributed by atoms with Crippen LogP contribution in [0, 0.1) is 0 Å². The van der Waals surface area contributed by atoms with Gasteiger partial charge in [0.1, 0.15) is 19.0 Å². The molecular weight excluding hydrogens is 536 g/mol. The van der Waals surface area contributed by atoms with Crippen LogP contribution in [0.3, 0.4) is 0 Å². The number of hydrogen-bond acceptors (Lipinski definition) is 10. The fourth-order valence-corrected chi connectivity index (χ4v) is 4.74. The number of hydrogen-bond donors (Lipinski definition) is 3. The number of methoxy groups -OCH3 is 1. The highest BCUT2D eigenvalue weighted by molar-refractivity contribution is 5.55. The van der Waals surface area contributed by atoms with Crippen LogP contribution in [0.1, 0.15) is 31.9 Å². The summed E-state index contributed by atoms with van der Waals surface area (Å²) in [6.07, 6.45) is 12.1. The van der Waals surface area contributed by atoms with Gasteiger partial charge in [0.2, 0.25) is 6.41 Å². The molecule has 2 fully saturated rings. The van der Waals surface area contributed by atoms with Gasteiger partial charge in [0.25, 0.3) is 0 Å². The molecule has 3 heterocycles. The molecule has 0 unspecified atom stereocenters. The van der Waals surface area contributed by atoms with Gasteiger partial charge in [-0.3, -0.25) is 9.59 Å². The molecule has 0 radical (unpaired) electrons. The van der Waals surface area contributed by atoms with Gasteiger partial charge >= 0.3 is 0 Å². The first kappa shape index (κ1) is 34.0. The van der Waals surface area contributed by atoms with E-state index < -0.39 is 0 Å². The van der Waals surface area contributed by atoms with Crippen LogP contribution in [0.2, 0.25) is 0 Å². The second kappa shape index (κ2) is 19.0. The Balaban J connectivity index is 0.000000282. The number of carbonyl (C=O) groups excluding carboxylic acids is 2. The third kappa shape index (κ3) is 9.99. The van der Waals surface area contributed by atoms with Crippen LogP contribution >= 0.6 is 0 Å². The lowest BCUT2D eigenvalue weighted by Gasteiger charge is -2.34. The summed E-state index contributed by atoms with van der Waals surface area (Å²) >= 11 is 0. The first-order valence-electron chi connectivity index (χ1n) is 14.2. The number of nitrogens with two attached hydrogens (primary N) is 1. The zero-order chi connectivity index (χ0) is 30.7. The number of pyridine rings is 1. The van der Waals surface area contributed by atoms with Crippen molar-refractivity contribution in [3.8, 4) is 5.75 Å². The Hall–Kier alpha value is -4.25. The molecule has 0 atom stereocenters. The van der Waals surface area contributed by atoms with E-state index in [4.69, 9.17) is 19.9 Å². The lowest BCUT2D eigenvalue weighted by molar-refractivity contribution is -0.119. The molecular formula is C31H46N6O5. The molecule has 11 heteroatoms. The Morgan fingerprint density at radius 3 is 2.60 bits per heavy atom. The second-order valence-electron chi connectivity index (χ2n) is 9.36. The van der Waals surface area contributed by atoms with Crippen molar-refractivity contribution in [1.29, 1.82) is 0 Å². The van der Waals surface area contributed by atoms with Crippen LogP contribution in [-0.2, 0) is 25.6 Å². The highest BCUT2D eigenvalue weighted by Gasteiger charge is 2.23. The molecule has 4 rings (SSSR count). The number of amides is 1. The van der Waals surface area contributed by atoms with Crippen molar-refractivity contribution in [3.63, 3.8) is 0 Å². The standard InChI is InChI=1S/C15H22N4O3.C14H20N2O2.C2H4/c1-16-15-14(22-9-8-20)3-2-13(18-15)10-17-12-4-6-19(11-21)7-5-12;1-3-16-7-8-18-13(10-15)14(16)11-5-4-6-12(9-11)17-2;1-2/h2-3,8,11-12,17H,4-7,9-10H2,1H3,(H,16,18);4,6,9-10H,3,5,7-8,15H2,1-2H3;1-2H2/b;13-10+,14-11-;. The number of aldehydes is 1. The zero-order valence-electron chi connectivity index (χ0n) is 25.1. The van der Waals surface area contributed by atoms with Gasteiger partial charge in [-0.15, -0.1) is 13.2 Å². The van der Waals surface area contributed by atoms with E-state index in [2.05, 4.69) is 52.8 Å². The highest BCUT2D eigenvalue weighted by Crippen LogP contribution is 2.29. The monoisotopic (exact) mass is 582 g/mol. The van der Waals surface area contributed by atoms with Crippen LogP contribution < -0.4 is 21.1 Å². The molecule has 0 saturated carbocycles. The van der Waals surface area contributed by atoms with E-state index in [-0.39, 0.29) is 6.61 Å². The largest absolute Gasteiger partial charge is 0.497 e. The van der Waals surface area contributed by atoms with Gasteiger partial charge in [0.15, 0.2) is 23.6 Å². The summed E-state index contributed by atoms with van der Waals surface area (Å²) in [7, 11) is 3.45. The van der Waals surface area contributed by atoms with Crippen molar-refractivity contribution in [1.82, 2.24) is 20.1 Å². The molecule has 11 nitrogen and oxygen atoms in total. The molecule has 42 heavy (non-hydrogen) atoms. The molecule has 2 saturated heterocycles. The van der Waals surface area contributed by atoms with Crippen LogP contribution in [0.4, 0.5) is 5.82 Å². The Bertz CT molecular complexity index is 1120. The van der Waals surface area contributed by atoms with E-state index in [1.807, 2.05) is 18.2 Å². The number of ether oxygens (including phenoxy) is 3. The predicted octanol–water partition coefficient (Wildman–Crippen LogP) is 3.10. The van der Waals surface area contributed by atoms with Gasteiger partial charge in [0.05, 0.1) is 25.0 Å². The third-order valence-electron chi connectivity index (χ3n) is 6.89. The van der Waals surface area contributed by atoms with E-state index in [9.17, 15) is 9.59 Å². The van der Waals surface area contributed by atoms with Gasteiger partial charge in [-0.2, -0.15) is 0 Å². The number of anilines is 1. The van der Waals surface area contributed by atoms with Crippen LogP contribution in [0.25, 0.3) is 0 Å². The lowest BCUT2D eigenvalue weighted by atomic mass is 10.0. The van der Waals surface area contributed by atoms with E-state index in [1.54, 1.807) is 25.3 Å². The van der Waals surface area contributed by atoms with E-state index in [1.165, 1.54) is 5.57 Å². The molecule has 1 aromatic rings. The number of piperidine rings is 1. The predicted molar refractivity (Wildman–Crippen MR) is 165 cm³/mol. The molecule has 1 aliphatic carbocycles. The molecule has 0 bridgehead atoms. The van der Waals surface area contributed by atoms with Crippen molar-refractivity contribution in [2.75, 3.05) is 58.9 Å². The van der Waals surface area contributed by atoms with E-state index >= 15 is 0 Å². The average molecular weight is 583 g/mol. The summed E-state index contributed by atoms with van der Waals surface area (Å²) in [6, 6.07) is 4.10. The molecule has 0 aromatic carbocycles. The fourth-order valence-electron chi connectivity index (χ4n) is 4.74. The van der Waals surface area contributed by atoms with Crippen molar-refractivity contribution in [2.45, 2.75) is 38.8 Å². The van der Waals surface area contributed by atoms with E-state index in [0.717, 1.165) is 74.8 Å². The maximum Gasteiger partial charge on any atom is 0.209 e. The number of nitrogens with zero attached hydrogens (tertiary/aromatic N) is 3. The number of rotatable bonds is 10. The number of likely N-dealkylation sites (tertiary alicyclic amines) is 1. The summed E-state index contributed by atoms with van der Waals surface area (Å²) in [4.78, 5) is 29.6. The molecule has 3 aliphatic rings. The Morgan fingerprint density at radius 2 is 1.98 bits per heavy atom. The smallest absolute Gasteiger partial charge is 0.209 e. The van der Waals surface area contributed by atoms with Crippen LogP contribution in [0.15, 0.2) is 72.5 Å². The number of aromatic nitrogens is 1. The van der Waals surface area contributed by atoms with Gasteiger partial charge in [-0.05, 0) is 56.0 Å². The van der Waals surface area contributed by atoms with Crippen molar-refractivity contribution < 1.29 is 23.8 Å². The molecule has 0 spiro atoms. The summed E-state index contributed by atoms with van der Waals surface area (Å²) in [5.41, 5.74) is 8.85. The minimum absolute atomic E-state index is 0.0171. The Morgan fingerprint density at radius 1 is 1.21 bits per heavy atom. The van der Waals surface area contributed by atoms with Gasteiger partial charge < -0.3 is 40.4 Å². The SMILES string of the molecule is C=C.CCN1CCOC(=C/N)/C1=C1/C=C(OC)C=CC1.CNc1nc(CNC2CCN(C=O)CC2)ccc1OCC=O. The minimum atomic E-state index is 0.0171. The number of nitrogens with one attached hydrogen (secondary N) is 2. The average Bonchev–Trinajstić information content (AvgIpc) is 3.07. The number of morpholine rings is 1. The van der Waals surface area contributed by atoms with Crippen LogP contribution in [0.5, 0.6) is 5.75 Å². The van der Waals surface area contributed by atoms with Gasteiger partial charge in [-0.25, -0.2) is 4.98 Å². The third-order valence-corrected chi connectivity index (χ3v) is 6.89. The van der Waals surface area contributed by atoms with Crippen molar-refractivity contribution >= 4 is 18.5 Å². The molecule has 1 amide bonds. The topological polar surface area (TPSA) is 131 Å². The number of likely N-dealkylation sites (N-methyl/N-ethyl adjacent to an activating group) is 1. The van der Waals surface area contributed by atoms with Crippen molar-refractivity contribution in [2.24, 2.45) is 5.73 Å². The molecule has 230 valence electrons.